The average Bonchev–Trinajstić information content (AvgIpc) is 3.22. The van der Waals surface area contributed by atoms with E-state index < -0.39 is 40.7 Å². The van der Waals surface area contributed by atoms with Crippen molar-refractivity contribution in [3.8, 4) is 10.4 Å². The largest absolute Gasteiger partial charge is 0.462 e. The van der Waals surface area contributed by atoms with Crippen molar-refractivity contribution in [2.75, 3.05) is 32.2 Å². The monoisotopic (exact) mass is 548 g/mol. The van der Waals surface area contributed by atoms with E-state index in [1.807, 2.05) is 0 Å². The topological polar surface area (TPSA) is 115 Å². The van der Waals surface area contributed by atoms with Gasteiger partial charge in [-0.25, -0.2) is 18.4 Å². The number of benzene rings is 1. The number of hydrogen-bond donors (Lipinski definition) is 0. The summed E-state index contributed by atoms with van der Waals surface area (Å²) in [6.45, 7) is 2.84. The number of rotatable bonds is 10. The molecule has 202 valence electrons. The van der Waals surface area contributed by atoms with Gasteiger partial charge >= 0.3 is 17.9 Å². The first-order valence-electron chi connectivity index (χ1n) is 11.5. The third-order valence-electron chi connectivity index (χ3n) is 5.25. The van der Waals surface area contributed by atoms with E-state index in [-0.39, 0.29) is 36.1 Å². The van der Waals surface area contributed by atoms with Crippen molar-refractivity contribution in [1.82, 2.24) is 9.88 Å². The third kappa shape index (κ3) is 6.29. The highest BCUT2D eigenvalue weighted by atomic mass is 32.1. The molecule has 1 amide bonds. The number of thiophene rings is 1. The van der Waals surface area contributed by atoms with Crippen molar-refractivity contribution in [2.45, 2.75) is 26.9 Å². The number of hydrogen-bond acceptors (Lipinski definition) is 9. The van der Waals surface area contributed by atoms with E-state index >= 15 is 0 Å². The number of halogens is 2. The standard InChI is InChI=1S/C25H26F2N4O6S/c1-5-36-24(32)21-17(13-29(3)4)22(15-10-11-20(28-12-15)31(34)35)38-23(21)30(25(33)37-6-2)14-16-18(26)8-7-9-19(16)27/h7-12H,5-6,13-14H2,1-4H3. The minimum absolute atomic E-state index is 0.0173. The Morgan fingerprint density at radius 2 is 1.68 bits per heavy atom. The molecule has 3 aromatic rings. The zero-order chi connectivity index (χ0) is 28.0. The van der Waals surface area contributed by atoms with E-state index in [2.05, 4.69) is 4.98 Å². The minimum atomic E-state index is -0.924. The fraction of sp³-hybridized carbons (Fsp3) is 0.320. The molecule has 0 aliphatic carbocycles. The number of ether oxygens (including phenoxy) is 2. The molecule has 2 heterocycles. The average molecular weight is 549 g/mol. The highest BCUT2D eigenvalue weighted by Crippen LogP contribution is 2.44. The first-order chi connectivity index (χ1) is 18.1. The number of nitrogens with zero attached hydrogens (tertiary/aromatic N) is 4. The Hall–Kier alpha value is -3.97. The maximum atomic E-state index is 14.6. The van der Waals surface area contributed by atoms with Gasteiger partial charge in [-0.15, -0.1) is 11.3 Å². The summed E-state index contributed by atoms with van der Waals surface area (Å²) >= 11 is 0.986. The fourth-order valence-corrected chi connectivity index (χ4v) is 4.93. The van der Waals surface area contributed by atoms with Crippen LogP contribution in [0.4, 0.5) is 24.4 Å². The van der Waals surface area contributed by atoms with Gasteiger partial charge in [0.15, 0.2) is 0 Å². The fourth-order valence-electron chi connectivity index (χ4n) is 3.65. The summed E-state index contributed by atoms with van der Waals surface area (Å²) in [4.78, 5) is 43.9. The molecule has 13 heteroatoms. The van der Waals surface area contributed by atoms with Gasteiger partial charge in [-0.3, -0.25) is 4.90 Å². The number of anilines is 1. The first-order valence-corrected chi connectivity index (χ1v) is 12.4. The molecular formula is C25H26F2N4O6S. The van der Waals surface area contributed by atoms with E-state index in [9.17, 15) is 28.5 Å². The number of esters is 1. The van der Waals surface area contributed by atoms with E-state index in [4.69, 9.17) is 9.47 Å². The van der Waals surface area contributed by atoms with Crippen molar-refractivity contribution in [1.29, 1.82) is 0 Å². The second-order valence-corrected chi connectivity index (χ2v) is 9.19. The molecule has 0 saturated carbocycles. The lowest BCUT2D eigenvalue weighted by molar-refractivity contribution is -0.389. The van der Waals surface area contributed by atoms with E-state index in [1.54, 1.807) is 32.8 Å². The van der Waals surface area contributed by atoms with Gasteiger partial charge in [0.25, 0.3) is 0 Å². The van der Waals surface area contributed by atoms with Crippen LogP contribution in [0.25, 0.3) is 10.4 Å². The summed E-state index contributed by atoms with van der Waals surface area (Å²) in [5.41, 5.74) is 0.516. The van der Waals surface area contributed by atoms with Crippen LogP contribution in [0.15, 0.2) is 36.5 Å². The summed E-state index contributed by atoms with van der Waals surface area (Å²) in [7, 11) is 3.53. The van der Waals surface area contributed by atoms with E-state index in [0.717, 1.165) is 28.4 Å². The Balaban J connectivity index is 2.30. The smallest absolute Gasteiger partial charge is 0.415 e. The Morgan fingerprint density at radius 3 is 2.21 bits per heavy atom. The molecule has 0 fully saturated rings. The molecule has 0 aliphatic rings. The van der Waals surface area contributed by atoms with Gasteiger partial charge in [-0.2, -0.15) is 0 Å². The van der Waals surface area contributed by atoms with Gasteiger partial charge in [0.1, 0.15) is 22.8 Å². The predicted octanol–water partition coefficient (Wildman–Crippen LogP) is 5.40. The van der Waals surface area contributed by atoms with Gasteiger partial charge in [0.2, 0.25) is 0 Å². The molecule has 0 spiro atoms. The first kappa shape index (κ1) is 28.6. The van der Waals surface area contributed by atoms with Gasteiger partial charge in [0.05, 0.1) is 25.3 Å². The third-order valence-corrected chi connectivity index (χ3v) is 6.55. The van der Waals surface area contributed by atoms with Crippen molar-refractivity contribution in [3.63, 3.8) is 0 Å². The highest BCUT2D eigenvalue weighted by molar-refractivity contribution is 7.20. The van der Waals surface area contributed by atoms with Crippen LogP contribution in [-0.4, -0.2) is 54.2 Å². The summed E-state index contributed by atoms with van der Waals surface area (Å²) in [5, 5.41) is 11.1. The van der Waals surface area contributed by atoms with Crippen LogP contribution in [0, 0.1) is 21.7 Å². The quantitative estimate of drug-likeness (QED) is 0.188. The maximum absolute atomic E-state index is 14.6. The molecule has 0 atom stereocenters. The second-order valence-electron chi connectivity index (χ2n) is 8.20. The zero-order valence-electron chi connectivity index (χ0n) is 21.2. The number of carbonyl (C=O) groups excluding carboxylic acids is 2. The van der Waals surface area contributed by atoms with E-state index in [0.29, 0.717) is 16.0 Å². The molecule has 0 radical (unpaired) electrons. The molecule has 0 saturated heterocycles. The number of aromatic nitrogens is 1. The number of pyridine rings is 1. The lowest BCUT2D eigenvalue weighted by atomic mass is 10.1. The molecule has 3 rings (SSSR count). The Labute approximate surface area is 221 Å². The molecule has 0 unspecified atom stereocenters. The summed E-state index contributed by atoms with van der Waals surface area (Å²) < 4.78 is 39.7. The molecule has 0 bridgehead atoms. The van der Waals surface area contributed by atoms with Crippen LogP contribution in [0.3, 0.4) is 0 Å². The Morgan fingerprint density at radius 1 is 1.03 bits per heavy atom. The molecule has 38 heavy (non-hydrogen) atoms. The van der Waals surface area contributed by atoms with Gasteiger partial charge in [-0.1, -0.05) is 6.07 Å². The van der Waals surface area contributed by atoms with E-state index in [1.165, 1.54) is 24.4 Å². The van der Waals surface area contributed by atoms with Gasteiger partial charge in [0, 0.05) is 34.2 Å². The highest BCUT2D eigenvalue weighted by Gasteiger charge is 2.33. The van der Waals surface area contributed by atoms with Crippen molar-refractivity contribution < 1.29 is 32.8 Å². The number of nitro groups is 1. The maximum Gasteiger partial charge on any atom is 0.415 e. The number of carbonyl (C=O) groups is 2. The van der Waals surface area contributed by atoms with Crippen molar-refractivity contribution >= 4 is 34.2 Å². The Kier molecular flexibility index (Phi) is 9.42. The van der Waals surface area contributed by atoms with Crippen LogP contribution >= 0.6 is 11.3 Å². The molecular weight excluding hydrogens is 522 g/mol. The predicted molar refractivity (Wildman–Crippen MR) is 137 cm³/mol. The minimum Gasteiger partial charge on any atom is -0.462 e. The normalized spacial score (nSPS) is 10.9. The van der Waals surface area contributed by atoms with Crippen molar-refractivity contribution in [2.24, 2.45) is 0 Å². The number of amides is 1. The molecule has 0 aliphatic heterocycles. The van der Waals surface area contributed by atoms with Crippen LogP contribution in [0.1, 0.15) is 35.3 Å². The van der Waals surface area contributed by atoms with Crippen molar-refractivity contribution in [3.05, 3.63) is 75.0 Å². The van der Waals surface area contributed by atoms with Crippen LogP contribution < -0.4 is 4.90 Å². The summed E-state index contributed by atoms with van der Waals surface area (Å²) in [6, 6.07) is 6.02. The summed E-state index contributed by atoms with van der Waals surface area (Å²) in [5.74, 6) is -2.86. The van der Waals surface area contributed by atoms with Crippen LogP contribution in [0.5, 0.6) is 0 Å². The Bertz CT molecular complexity index is 1310. The molecule has 1 aromatic carbocycles. The van der Waals surface area contributed by atoms with Gasteiger partial charge < -0.3 is 24.5 Å². The van der Waals surface area contributed by atoms with Crippen LogP contribution in [0.2, 0.25) is 0 Å². The summed E-state index contributed by atoms with van der Waals surface area (Å²) in [6.07, 6.45) is 0.360. The van der Waals surface area contributed by atoms with Crippen LogP contribution in [-0.2, 0) is 22.6 Å². The lowest BCUT2D eigenvalue weighted by Crippen LogP contribution is -2.32. The second kappa shape index (κ2) is 12.5. The SMILES string of the molecule is CCOC(=O)c1c(N(Cc2c(F)cccc2F)C(=O)OCC)sc(-c2ccc([N+](=O)[O-])nc2)c1CN(C)C. The molecule has 2 aromatic heterocycles. The molecule has 10 nitrogen and oxygen atoms in total. The zero-order valence-corrected chi connectivity index (χ0v) is 22.0. The van der Waals surface area contributed by atoms with Gasteiger partial charge in [-0.05, 0) is 56.0 Å². The lowest BCUT2D eigenvalue weighted by Gasteiger charge is -2.22. The molecule has 0 N–H and O–H groups in total.